The first-order chi connectivity index (χ1) is 9.70. The van der Waals surface area contributed by atoms with Crippen LogP contribution < -0.4 is 5.43 Å². The van der Waals surface area contributed by atoms with Gasteiger partial charge in [-0.1, -0.05) is 18.2 Å². The fourth-order valence-corrected chi connectivity index (χ4v) is 2.54. The van der Waals surface area contributed by atoms with Gasteiger partial charge in [-0.15, -0.1) is 11.3 Å². The van der Waals surface area contributed by atoms with Crippen LogP contribution in [0.2, 0.25) is 0 Å². The molecular weight excluding hydrogens is 270 g/mol. The normalized spacial score (nSPS) is 11.2. The van der Waals surface area contributed by atoms with E-state index in [2.05, 4.69) is 15.5 Å². The van der Waals surface area contributed by atoms with Gasteiger partial charge >= 0.3 is 0 Å². The number of hydrogen-bond acceptors (Lipinski definition) is 5. The average Bonchev–Trinajstić information content (AvgIpc) is 2.85. The minimum absolute atomic E-state index is 0.278. The Labute approximate surface area is 120 Å². The summed E-state index contributed by atoms with van der Waals surface area (Å²) in [6.45, 7) is 1.95. The maximum absolute atomic E-state index is 9.43. The standard InChI is InChI=1S/C15H13N3OS/c1-10-9-20-15(17-10)18-16-8-11-2-3-13-7-14(19)5-4-12(13)6-11/h2-9,19H,1H3,(H,17,18). The van der Waals surface area contributed by atoms with Crippen LogP contribution >= 0.6 is 11.3 Å². The Balaban J connectivity index is 1.78. The largest absolute Gasteiger partial charge is 0.508 e. The zero-order valence-electron chi connectivity index (χ0n) is 10.9. The van der Waals surface area contributed by atoms with E-state index in [0.717, 1.165) is 27.2 Å². The summed E-state index contributed by atoms with van der Waals surface area (Å²) in [7, 11) is 0. The third-order valence-corrected chi connectivity index (χ3v) is 3.71. The van der Waals surface area contributed by atoms with E-state index in [1.807, 2.05) is 36.6 Å². The Bertz CT molecular complexity index is 780. The van der Waals surface area contributed by atoms with Crippen LogP contribution in [0.1, 0.15) is 11.3 Å². The third-order valence-electron chi connectivity index (χ3n) is 2.84. The predicted molar refractivity (Wildman–Crippen MR) is 83.7 cm³/mol. The summed E-state index contributed by atoms with van der Waals surface area (Å²) in [6.07, 6.45) is 1.75. The van der Waals surface area contributed by atoms with E-state index in [1.54, 1.807) is 18.3 Å². The molecule has 0 aliphatic rings. The molecule has 0 radical (unpaired) electrons. The second kappa shape index (κ2) is 5.30. The molecule has 0 aliphatic heterocycles. The molecule has 0 saturated heterocycles. The molecule has 0 atom stereocenters. The molecule has 0 fully saturated rings. The Kier molecular flexibility index (Phi) is 3.35. The van der Waals surface area contributed by atoms with Crippen molar-refractivity contribution >= 4 is 33.5 Å². The number of nitrogens with one attached hydrogen (secondary N) is 1. The summed E-state index contributed by atoms with van der Waals surface area (Å²) in [5.74, 6) is 0.278. The number of benzene rings is 2. The SMILES string of the molecule is Cc1csc(NN=Cc2ccc3cc(O)ccc3c2)n1. The lowest BCUT2D eigenvalue weighted by atomic mass is 10.1. The zero-order valence-corrected chi connectivity index (χ0v) is 11.7. The summed E-state index contributed by atoms with van der Waals surface area (Å²) >= 11 is 1.53. The highest BCUT2D eigenvalue weighted by Gasteiger charge is 1.97. The van der Waals surface area contributed by atoms with Gasteiger partial charge in [-0.05, 0) is 41.5 Å². The lowest BCUT2D eigenvalue weighted by molar-refractivity contribution is 0.476. The van der Waals surface area contributed by atoms with E-state index in [0.29, 0.717) is 0 Å². The van der Waals surface area contributed by atoms with Crippen molar-refractivity contribution in [2.75, 3.05) is 5.43 Å². The highest BCUT2D eigenvalue weighted by atomic mass is 32.1. The van der Waals surface area contributed by atoms with Crippen LogP contribution in [0.3, 0.4) is 0 Å². The molecule has 5 heteroatoms. The molecule has 4 nitrogen and oxygen atoms in total. The summed E-state index contributed by atoms with van der Waals surface area (Å²) in [4.78, 5) is 4.27. The lowest BCUT2D eigenvalue weighted by Crippen LogP contribution is -1.90. The number of fused-ring (bicyclic) bond motifs is 1. The monoisotopic (exact) mass is 283 g/mol. The van der Waals surface area contributed by atoms with E-state index >= 15 is 0 Å². The van der Waals surface area contributed by atoms with Crippen molar-refractivity contribution in [2.24, 2.45) is 5.10 Å². The van der Waals surface area contributed by atoms with E-state index < -0.39 is 0 Å². The van der Waals surface area contributed by atoms with Gasteiger partial charge in [-0.2, -0.15) is 5.10 Å². The van der Waals surface area contributed by atoms with E-state index in [1.165, 1.54) is 11.3 Å². The molecule has 3 rings (SSSR count). The number of anilines is 1. The van der Waals surface area contributed by atoms with Crippen molar-refractivity contribution in [1.82, 2.24) is 4.98 Å². The molecule has 0 aliphatic carbocycles. The van der Waals surface area contributed by atoms with Crippen molar-refractivity contribution in [3.63, 3.8) is 0 Å². The number of hydrogen-bond donors (Lipinski definition) is 2. The molecule has 0 saturated carbocycles. The van der Waals surface area contributed by atoms with Gasteiger partial charge < -0.3 is 5.11 Å². The van der Waals surface area contributed by atoms with Crippen LogP contribution in [-0.4, -0.2) is 16.3 Å². The first-order valence-corrected chi connectivity index (χ1v) is 7.03. The number of thiazole rings is 1. The van der Waals surface area contributed by atoms with Crippen LogP contribution in [0, 0.1) is 6.92 Å². The molecule has 1 heterocycles. The number of nitrogens with zero attached hydrogens (tertiary/aromatic N) is 2. The van der Waals surface area contributed by atoms with Gasteiger partial charge in [-0.25, -0.2) is 4.98 Å². The van der Waals surface area contributed by atoms with Crippen molar-refractivity contribution in [2.45, 2.75) is 6.92 Å². The second-order valence-electron chi connectivity index (χ2n) is 4.45. The maximum atomic E-state index is 9.43. The highest BCUT2D eigenvalue weighted by molar-refractivity contribution is 7.13. The molecule has 1 aromatic heterocycles. The molecule has 0 spiro atoms. The molecule has 0 amide bonds. The van der Waals surface area contributed by atoms with Crippen LogP contribution in [0.5, 0.6) is 5.75 Å². The fraction of sp³-hybridized carbons (Fsp3) is 0.0667. The van der Waals surface area contributed by atoms with Gasteiger partial charge in [0.05, 0.1) is 11.9 Å². The molecule has 100 valence electrons. The minimum Gasteiger partial charge on any atom is -0.508 e. The maximum Gasteiger partial charge on any atom is 0.203 e. The number of rotatable bonds is 3. The summed E-state index contributed by atoms with van der Waals surface area (Å²) in [6, 6.07) is 11.3. The van der Waals surface area contributed by atoms with Crippen molar-refractivity contribution < 1.29 is 5.11 Å². The number of aryl methyl sites for hydroxylation is 1. The molecule has 0 bridgehead atoms. The van der Waals surface area contributed by atoms with Crippen molar-refractivity contribution in [3.8, 4) is 5.75 Å². The number of aromatic nitrogens is 1. The van der Waals surface area contributed by atoms with E-state index in [4.69, 9.17) is 0 Å². The molecule has 20 heavy (non-hydrogen) atoms. The summed E-state index contributed by atoms with van der Waals surface area (Å²) < 4.78 is 0. The Hall–Kier alpha value is -2.40. The Morgan fingerprint density at radius 3 is 2.80 bits per heavy atom. The zero-order chi connectivity index (χ0) is 13.9. The Morgan fingerprint density at radius 2 is 2.00 bits per heavy atom. The Morgan fingerprint density at radius 1 is 1.20 bits per heavy atom. The number of hydrazone groups is 1. The summed E-state index contributed by atoms with van der Waals surface area (Å²) in [5, 5.41) is 18.4. The molecule has 0 unspecified atom stereocenters. The van der Waals surface area contributed by atoms with Gasteiger partial charge in [0.1, 0.15) is 5.75 Å². The topological polar surface area (TPSA) is 57.5 Å². The highest BCUT2D eigenvalue weighted by Crippen LogP contribution is 2.20. The van der Waals surface area contributed by atoms with E-state index in [-0.39, 0.29) is 5.75 Å². The lowest BCUT2D eigenvalue weighted by Gasteiger charge is -2.00. The minimum atomic E-state index is 0.278. The van der Waals surface area contributed by atoms with Crippen molar-refractivity contribution in [3.05, 3.63) is 53.0 Å². The van der Waals surface area contributed by atoms with Gasteiger partial charge in [0.15, 0.2) is 0 Å². The fourth-order valence-electron chi connectivity index (χ4n) is 1.90. The molecular formula is C15H13N3OS. The summed E-state index contributed by atoms with van der Waals surface area (Å²) in [5.41, 5.74) is 4.88. The van der Waals surface area contributed by atoms with Gasteiger partial charge in [-0.3, -0.25) is 5.43 Å². The van der Waals surface area contributed by atoms with Crippen LogP contribution in [0.25, 0.3) is 10.8 Å². The second-order valence-corrected chi connectivity index (χ2v) is 5.31. The van der Waals surface area contributed by atoms with Crippen LogP contribution in [0.4, 0.5) is 5.13 Å². The first-order valence-electron chi connectivity index (χ1n) is 6.15. The average molecular weight is 283 g/mol. The third kappa shape index (κ3) is 2.78. The first kappa shape index (κ1) is 12.6. The van der Waals surface area contributed by atoms with Crippen LogP contribution in [-0.2, 0) is 0 Å². The number of aromatic hydroxyl groups is 1. The predicted octanol–water partition coefficient (Wildman–Crippen LogP) is 3.76. The molecule has 2 N–H and O–H groups in total. The van der Waals surface area contributed by atoms with Gasteiger partial charge in [0.25, 0.3) is 0 Å². The van der Waals surface area contributed by atoms with Gasteiger partial charge in [0.2, 0.25) is 5.13 Å². The van der Waals surface area contributed by atoms with Gasteiger partial charge in [0, 0.05) is 5.38 Å². The van der Waals surface area contributed by atoms with Crippen LogP contribution in [0.15, 0.2) is 46.9 Å². The smallest absolute Gasteiger partial charge is 0.203 e. The van der Waals surface area contributed by atoms with E-state index in [9.17, 15) is 5.11 Å². The number of phenols is 1. The van der Waals surface area contributed by atoms with Crippen molar-refractivity contribution in [1.29, 1.82) is 0 Å². The quantitative estimate of drug-likeness (QED) is 0.568. The molecule has 2 aromatic carbocycles. The molecule has 3 aromatic rings. The number of phenolic OH excluding ortho intramolecular Hbond substituents is 1.